The molecule has 0 N–H and O–H groups in total. The zero-order valence-corrected chi connectivity index (χ0v) is 27.9. The molecule has 0 aromatic heterocycles. The van der Waals surface area contributed by atoms with Crippen LogP contribution in [0.3, 0.4) is 0 Å². The molecule has 1 nitrogen and oxygen atoms in total. The van der Waals surface area contributed by atoms with Crippen molar-refractivity contribution in [3.8, 4) is 11.1 Å². The zero-order valence-electron chi connectivity index (χ0n) is 25.4. The first kappa shape index (κ1) is 28.1. The van der Waals surface area contributed by atoms with E-state index in [0.29, 0.717) is 15.7 Å². The standard InChI is InChI=1S/C19H22N.C13H10.C5H5.2CH3.Zr/c1-13(2)20(14(3)4)17-9-10-19-16(12-17)11-15-7-5-6-8-18(15)19;1-3-7-12(8-4-1)11-13-9-5-2-6-10-13;1-2-4-5-3-1;;;/h5-14H,1-4H3;1-10H;1-3H,4H2;2*1H3;. The van der Waals surface area contributed by atoms with Gasteiger partial charge in [-0.2, -0.15) is 0 Å². The third-order valence-electron chi connectivity index (χ3n) is 9.84. The van der Waals surface area contributed by atoms with Crippen LogP contribution in [0, 0.1) is 0 Å². The van der Waals surface area contributed by atoms with Gasteiger partial charge >= 0.3 is 249 Å². The van der Waals surface area contributed by atoms with Crippen molar-refractivity contribution in [3.05, 3.63) is 147 Å². The molecule has 0 bridgehead atoms. The number of fused-ring (bicyclic) bond motifs is 3. The SMILES string of the molecule is CC(C)N(c1ccc2c(c1)[CH]([Zr]([CH3])([CH3])([C]1=CC=CC1)=[C](c1ccccc1)c1ccccc1)c1ccccc1-2)C(C)C. The van der Waals surface area contributed by atoms with Crippen LogP contribution in [0.4, 0.5) is 5.69 Å². The van der Waals surface area contributed by atoms with Gasteiger partial charge in [-0.1, -0.05) is 0 Å². The first-order chi connectivity index (χ1) is 19.7. The monoisotopic (exact) mass is 615 g/mol. The summed E-state index contributed by atoms with van der Waals surface area (Å²) < 4.78 is 9.07. The van der Waals surface area contributed by atoms with Crippen molar-refractivity contribution < 1.29 is 18.3 Å². The van der Waals surface area contributed by atoms with Gasteiger partial charge in [0, 0.05) is 0 Å². The number of nitrogens with zero attached hydrogens (tertiary/aromatic N) is 1. The first-order valence-electron chi connectivity index (χ1n) is 15.3. The number of benzene rings is 4. The van der Waals surface area contributed by atoms with Crippen molar-refractivity contribution in [3.63, 3.8) is 0 Å². The van der Waals surface area contributed by atoms with E-state index in [1.807, 2.05) is 0 Å². The average molecular weight is 617 g/mol. The van der Waals surface area contributed by atoms with E-state index in [-0.39, 0.29) is 0 Å². The molecule has 6 rings (SSSR count). The van der Waals surface area contributed by atoms with Gasteiger partial charge in [-0.05, 0) is 0 Å². The Morgan fingerprint density at radius 3 is 1.80 bits per heavy atom. The van der Waals surface area contributed by atoms with Gasteiger partial charge in [0.2, 0.25) is 0 Å². The fraction of sp³-hybridized carbons (Fsp3) is 0.256. The van der Waals surface area contributed by atoms with Gasteiger partial charge in [-0.3, -0.25) is 0 Å². The Morgan fingerprint density at radius 1 is 0.683 bits per heavy atom. The normalized spacial score (nSPS) is 16.1. The molecule has 0 saturated carbocycles. The summed E-state index contributed by atoms with van der Waals surface area (Å²) in [6.45, 7) is 9.26. The molecule has 0 aliphatic heterocycles. The van der Waals surface area contributed by atoms with Gasteiger partial charge in [0.25, 0.3) is 0 Å². The number of hydrogen-bond acceptors (Lipinski definition) is 1. The van der Waals surface area contributed by atoms with Crippen LogP contribution >= 0.6 is 0 Å². The van der Waals surface area contributed by atoms with Crippen molar-refractivity contribution in [2.75, 3.05) is 4.90 Å². The molecule has 0 saturated heterocycles. The molecule has 208 valence electrons. The Kier molecular flexibility index (Phi) is 7.28. The summed E-state index contributed by atoms with van der Waals surface area (Å²) in [5.41, 5.74) is 9.93. The second-order valence-electron chi connectivity index (χ2n) is 13.3. The summed E-state index contributed by atoms with van der Waals surface area (Å²) in [5, 5.41) is 0. The number of hydrogen-bond donors (Lipinski definition) is 0. The molecule has 41 heavy (non-hydrogen) atoms. The molecular weight excluding hydrogens is 574 g/mol. The first-order valence-corrected chi connectivity index (χ1v) is 24.1. The molecule has 1 atom stereocenters. The Hall–Kier alpha value is -3.09. The second-order valence-corrected chi connectivity index (χ2v) is 29.8. The quantitative estimate of drug-likeness (QED) is 0.200. The van der Waals surface area contributed by atoms with Crippen molar-refractivity contribution in [1.82, 2.24) is 0 Å². The van der Waals surface area contributed by atoms with Crippen molar-refractivity contribution >= 4 is 8.89 Å². The van der Waals surface area contributed by atoms with E-state index in [2.05, 4.69) is 163 Å². The van der Waals surface area contributed by atoms with Crippen molar-refractivity contribution in [2.24, 2.45) is 0 Å². The van der Waals surface area contributed by atoms with E-state index in [4.69, 9.17) is 0 Å². The molecule has 0 fully saturated rings. The Balaban J connectivity index is 1.78. The Morgan fingerprint density at radius 2 is 1.24 bits per heavy atom. The third-order valence-corrected chi connectivity index (χ3v) is 26.6. The minimum absolute atomic E-state index is 0.338. The number of anilines is 1. The average Bonchev–Trinajstić information content (AvgIpc) is 3.62. The fourth-order valence-electron chi connectivity index (χ4n) is 8.25. The molecule has 4 aromatic carbocycles. The van der Waals surface area contributed by atoms with Gasteiger partial charge in [0.15, 0.2) is 0 Å². The molecule has 0 amide bonds. The van der Waals surface area contributed by atoms with Crippen LogP contribution in [-0.2, 0) is 18.3 Å². The van der Waals surface area contributed by atoms with E-state index in [9.17, 15) is 0 Å². The third kappa shape index (κ3) is 4.51. The van der Waals surface area contributed by atoms with Gasteiger partial charge in [-0.15, -0.1) is 0 Å². The Bertz CT molecular complexity index is 1660. The van der Waals surface area contributed by atoms with Crippen LogP contribution in [0.1, 0.15) is 60.0 Å². The number of rotatable bonds is 7. The van der Waals surface area contributed by atoms with Crippen molar-refractivity contribution in [2.45, 2.75) is 59.1 Å². The van der Waals surface area contributed by atoms with Gasteiger partial charge < -0.3 is 0 Å². The van der Waals surface area contributed by atoms with Crippen LogP contribution in [0.25, 0.3) is 11.1 Å². The van der Waals surface area contributed by atoms with E-state index in [1.54, 1.807) is 6.49 Å². The summed E-state index contributed by atoms with van der Waals surface area (Å²) in [6.07, 6.45) is 8.21. The summed E-state index contributed by atoms with van der Waals surface area (Å²) in [4.78, 5) is 2.57. The zero-order chi connectivity index (χ0) is 28.8. The van der Waals surface area contributed by atoms with Gasteiger partial charge in [-0.25, -0.2) is 0 Å². The topological polar surface area (TPSA) is 3.24 Å². The molecule has 0 heterocycles. The minimum atomic E-state index is -4.24. The maximum absolute atomic E-state index is 4.24. The van der Waals surface area contributed by atoms with E-state index in [0.717, 1.165) is 6.42 Å². The maximum atomic E-state index is 2.74. The fourth-order valence-corrected chi connectivity index (χ4v) is 25.0. The van der Waals surface area contributed by atoms with Crippen LogP contribution in [0.2, 0.25) is 9.26 Å². The van der Waals surface area contributed by atoms with E-state index >= 15 is 0 Å². The van der Waals surface area contributed by atoms with Gasteiger partial charge in [0.05, 0.1) is 0 Å². The summed E-state index contributed by atoms with van der Waals surface area (Å²) >= 11 is -4.24. The van der Waals surface area contributed by atoms with Crippen LogP contribution in [-0.4, -0.2) is 15.3 Å². The van der Waals surface area contributed by atoms with E-state index < -0.39 is 18.3 Å². The summed E-state index contributed by atoms with van der Waals surface area (Å²) in [7, 11) is 0. The molecular formula is C39H43NZr. The Labute approximate surface area is 247 Å². The molecule has 1 unspecified atom stereocenters. The summed E-state index contributed by atoms with van der Waals surface area (Å²) in [6, 6.07) is 40.0. The predicted molar refractivity (Wildman–Crippen MR) is 176 cm³/mol. The predicted octanol–water partition coefficient (Wildman–Crippen LogP) is 10.3. The van der Waals surface area contributed by atoms with Gasteiger partial charge in [0.1, 0.15) is 0 Å². The molecule has 0 radical (unpaired) electrons. The molecule has 0 spiro atoms. The molecule has 2 aliphatic rings. The molecule has 4 aromatic rings. The van der Waals surface area contributed by atoms with Crippen molar-refractivity contribution in [1.29, 1.82) is 0 Å². The molecule has 2 heteroatoms. The van der Waals surface area contributed by atoms with Crippen LogP contribution < -0.4 is 4.90 Å². The summed E-state index contributed by atoms with van der Waals surface area (Å²) in [5.74, 6) is 0. The number of allylic oxidation sites excluding steroid dienone is 4. The molecule has 2 aliphatic carbocycles. The van der Waals surface area contributed by atoms with Crippen LogP contribution in [0.15, 0.2) is 125 Å². The second kappa shape index (κ2) is 10.6. The van der Waals surface area contributed by atoms with Crippen LogP contribution in [0.5, 0.6) is 0 Å². The van der Waals surface area contributed by atoms with E-state index in [1.165, 1.54) is 39.1 Å².